The summed E-state index contributed by atoms with van der Waals surface area (Å²) < 4.78 is 18.2. The van der Waals surface area contributed by atoms with Crippen LogP contribution in [-0.4, -0.2) is 34.7 Å². The van der Waals surface area contributed by atoms with Crippen LogP contribution >= 0.6 is 27.7 Å². The molecule has 0 saturated carbocycles. The SMILES string of the molecule is Cc1ccc(NC(=O)COc2ccc(Br)cc2/C=C2\S/C(=N/N=C\c3cccc(OCc4ccccc4)c3)N(Cc3ccco3)C2=O)cc1. The van der Waals surface area contributed by atoms with Crippen LogP contribution in [0.2, 0.25) is 0 Å². The molecule has 1 aromatic heterocycles. The van der Waals surface area contributed by atoms with E-state index < -0.39 is 0 Å². The number of carbonyl (C=O) groups is 2. The van der Waals surface area contributed by atoms with Crippen LogP contribution in [0.15, 0.2) is 139 Å². The minimum Gasteiger partial charge on any atom is -0.489 e. The lowest BCUT2D eigenvalue weighted by Crippen LogP contribution is -2.28. The van der Waals surface area contributed by atoms with Crippen molar-refractivity contribution in [2.75, 3.05) is 11.9 Å². The molecule has 5 aromatic rings. The second-order valence-electron chi connectivity index (χ2n) is 10.9. The normalized spacial score (nSPS) is 14.6. The van der Waals surface area contributed by atoms with Gasteiger partial charge in [0.1, 0.15) is 23.9 Å². The molecule has 11 heteroatoms. The van der Waals surface area contributed by atoms with Gasteiger partial charge in [-0.2, -0.15) is 5.10 Å². The van der Waals surface area contributed by atoms with E-state index in [1.807, 2.05) is 97.9 Å². The van der Waals surface area contributed by atoms with Crippen molar-refractivity contribution in [3.8, 4) is 11.5 Å². The molecule has 9 nitrogen and oxygen atoms in total. The number of hydrogen-bond acceptors (Lipinski definition) is 8. The highest BCUT2D eigenvalue weighted by Gasteiger charge is 2.34. The summed E-state index contributed by atoms with van der Waals surface area (Å²) in [6.45, 7) is 2.39. The Labute approximate surface area is 296 Å². The van der Waals surface area contributed by atoms with Gasteiger partial charge in [-0.3, -0.25) is 14.5 Å². The highest BCUT2D eigenvalue weighted by atomic mass is 79.9. The summed E-state index contributed by atoms with van der Waals surface area (Å²) >= 11 is 4.69. The summed E-state index contributed by atoms with van der Waals surface area (Å²) in [6, 6.07) is 33.9. The Hall–Kier alpha value is -5.39. The Balaban J connectivity index is 1.18. The summed E-state index contributed by atoms with van der Waals surface area (Å²) in [4.78, 5) is 28.3. The number of rotatable bonds is 12. The fourth-order valence-electron chi connectivity index (χ4n) is 4.73. The number of hydrogen-bond donors (Lipinski definition) is 1. The first-order valence-corrected chi connectivity index (χ1v) is 16.9. The Morgan fingerprint density at radius 3 is 2.59 bits per heavy atom. The third-order valence-corrected chi connectivity index (χ3v) is 8.68. The van der Waals surface area contributed by atoms with Gasteiger partial charge >= 0.3 is 0 Å². The predicted octanol–water partition coefficient (Wildman–Crippen LogP) is 8.45. The van der Waals surface area contributed by atoms with E-state index in [1.54, 1.807) is 36.8 Å². The molecule has 1 saturated heterocycles. The number of furan rings is 1. The molecule has 1 N–H and O–H groups in total. The first-order valence-electron chi connectivity index (χ1n) is 15.3. The average Bonchev–Trinajstić information content (AvgIpc) is 3.73. The summed E-state index contributed by atoms with van der Waals surface area (Å²) in [6.07, 6.45) is 4.89. The number of aryl methyl sites for hydroxylation is 1. The van der Waals surface area contributed by atoms with E-state index in [9.17, 15) is 9.59 Å². The van der Waals surface area contributed by atoms with E-state index >= 15 is 0 Å². The number of ether oxygens (including phenoxy) is 2. The molecule has 0 spiro atoms. The van der Waals surface area contributed by atoms with Crippen molar-refractivity contribution in [1.29, 1.82) is 0 Å². The maximum absolute atomic E-state index is 13.7. The number of amidine groups is 1. The second-order valence-corrected chi connectivity index (χ2v) is 12.9. The number of benzene rings is 4. The Morgan fingerprint density at radius 2 is 1.80 bits per heavy atom. The van der Waals surface area contributed by atoms with Crippen LogP contribution in [0.5, 0.6) is 11.5 Å². The molecule has 1 aliphatic heterocycles. The summed E-state index contributed by atoms with van der Waals surface area (Å²) in [5.74, 6) is 1.17. The van der Waals surface area contributed by atoms with E-state index in [2.05, 4.69) is 31.4 Å². The number of amides is 2. The smallest absolute Gasteiger partial charge is 0.267 e. The Morgan fingerprint density at radius 1 is 0.959 bits per heavy atom. The van der Waals surface area contributed by atoms with Crippen LogP contribution in [0.3, 0.4) is 0 Å². The van der Waals surface area contributed by atoms with Crippen LogP contribution in [0.25, 0.3) is 6.08 Å². The van der Waals surface area contributed by atoms with E-state index in [0.717, 1.165) is 21.2 Å². The van der Waals surface area contributed by atoms with Gasteiger partial charge in [0.2, 0.25) is 0 Å². The molecule has 0 atom stereocenters. The van der Waals surface area contributed by atoms with Crippen LogP contribution in [0.4, 0.5) is 5.69 Å². The molecule has 0 aliphatic carbocycles. The number of nitrogens with zero attached hydrogens (tertiary/aromatic N) is 3. The lowest BCUT2D eigenvalue weighted by Gasteiger charge is -2.13. The third-order valence-electron chi connectivity index (χ3n) is 7.19. The van der Waals surface area contributed by atoms with Crippen LogP contribution in [-0.2, 0) is 22.7 Å². The zero-order valence-electron chi connectivity index (χ0n) is 26.4. The molecule has 49 heavy (non-hydrogen) atoms. The van der Waals surface area contributed by atoms with Gasteiger partial charge < -0.3 is 19.2 Å². The van der Waals surface area contributed by atoms with Gasteiger partial charge in [-0.1, -0.05) is 76.1 Å². The Kier molecular flexibility index (Phi) is 11.0. The van der Waals surface area contributed by atoms with Crippen molar-refractivity contribution < 1.29 is 23.5 Å². The van der Waals surface area contributed by atoms with Crippen LogP contribution in [0, 0.1) is 6.92 Å². The van der Waals surface area contributed by atoms with E-state index in [4.69, 9.17) is 13.9 Å². The maximum atomic E-state index is 13.7. The molecular formula is C38H31BrN4O5S. The highest BCUT2D eigenvalue weighted by Crippen LogP contribution is 2.36. The third kappa shape index (κ3) is 9.37. The van der Waals surface area contributed by atoms with E-state index in [0.29, 0.717) is 45.2 Å². The summed E-state index contributed by atoms with van der Waals surface area (Å²) in [5, 5.41) is 12.0. The number of halogens is 1. The van der Waals surface area contributed by atoms with Gasteiger partial charge in [0.05, 0.1) is 23.9 Å². The molecule has 2 amide bonds. The first-order chi connectivity index (χ1) is 23.9. The molecule has 0 bridgehead atoms. The van der Waals surface area contributed by atoms with Gasteiger partial charge in [-0.25, -0.2) is 0 Å². The number of thioether (sulfide) groups is 1. The standard InChI is InChI=1S/C38H31BrN4O5S/c1-26-12-15-31(16-13-26)41-36(44)25-48-34-17-14-30(39)20-29(34)21-35-37(45)43(23-33-11-6-18-46-33)38(49-35)42-40-22-28-9-5-10-32(19-28)47-24-27-7-3-2-4-8-27/h2-22H,23-25H2,1H3,(H,41,44)/b35-21-,40-22-,42-38+. The molecule has 2 heterocycles. The van der Waals surface area contributed by atoms with Crippen molar-refractivity contribution in [2.24, 2.45) is 10.2 Å². The second kappa shape index (κ2) is 16.1. The van der Waals surface area contributed by atoms with Gasteiger partial charge in [0, 0.05) is 15.7 Å². The van der Waals surface area contributed by atoms with Crippen molar-refractivity contribution >= 4 is 62.7 Å². The lowest BCUT2D eigenvalue weighted by molar-refractivity contribution is -0.122. The van der Waals surface area contributed by atoms with E-state index in [-0.39, 0.29) is 25.0 Å². The molecule has 0 radical (unpaired) electrons. The van der Waals surface area contributed by atoms with Gasteiger partial charge in [0.25, 0.3) is 11.8 Å². The summed E-state index contributed by atoms with van der Waals surface area (Å²) in [5.41, 5.74) is 4.25. The molecule has 0 unspecified atom stereocenters. The average molecular weight is 736 g/mol. The lowest BCUT2D eigenvalue weighted by atomic mass is 10.2. The van der Waals surface area contributed by atoms with Crippen molar-refractivity contribution in [3.05, 3.63) is 153 Å². The molecule has 1 aliphatic rings. The largest absolute Gasteiger partial charge is 0.489 e. The van der Waals surface area contributed by atoms with Crippen molar-refractivity contribution in [2.45, 2.75) is 20.1 Å². The highest BCUT2D eigenvalue weighted by molar-refractivity contribution is 9.10. The fraction of sp³-hybridized carbons (Fsp3) is 0.105. The van der Waals surface area contributed by atoms with Crippen molar-refractivity contribution in [1.82, 2.24) is 4.90 Å². The molecule has 246 valence electrons. The number of anilines is 1. The zero-order chi connectivity index (χ0) is 34.0. The van der Waals surface area contributed by atoms with Gasteiger partial charge in [-0.15, -0.1) is 5.10 Å². The summed E-state index contributed by atoms with van der Waals surface area (Å²) in [7, 11) is 0. The minimum absolute atomic E-state index is 0.175. The molecule has 6 rings (SSSR count). The zero-order valence-corrected chi connectivity index (χ0v) is 28.8. The number of carbonyl (C=O) groups excluding carboxylic acids is 2. The van der Waals surface area contributed by atoms with Gasteiger partial charge in [0.15, 0.2) is 11.8 Å². The maximum Gasteiger partial charge on any atom is 0.267 e. The predicted molar refractivity (Wildman–Crippen MR) is 197 cm³/mol. The molecule has 1 fully saturated rings. The quantitative estimate of drug-likeness (QED) is 0.0784. The number of nitrogens with one attached hydrogen (secondary N) is 1. The van der Waals surface area contributed by atoms with Crippen molar-refractivity contribution in [3.63, 3.8) is 0 Å². The molecule has 4 aromatic carbocycles. The molecular weight excluding hydrogens is 704 g/mol. The fourth-order valence-corrected chi connectivity index (χ4v) is 6.04. The van der Waals surface area contributed by atoms with Crippen LogP contribution < -0.4 is 14.8 Å². The van der Waals surface area contributed by atoms with E-state index in [1.165, 1.54) is 16.7 Å². The van der Waals surface area contributed by atoms with Crippen LogP contribution in [0.1, 0.15) is 28.0 Å². The first kappa shape index (κ1) is 33.5. The Bertz CT molecular complexity index is 2010. The topological polar surface area (TPSA) is 106 Å². The van der Waals surface area contributed by atoms with Gasteiger partial charge in [-0.05, 0) is 90.5 Å². The minimum atomic E-state index is -0.304. The monoisotopic (exact) mass is 734 g/mol.